The Morgan fingerprint density at radius 1 is 1.33 bits per heavy atom. The van der Waals surface area contributed by atoms with Crippen LogP contribution in [0.4, 0.5) is 0 Å². The lowest BCUT2D eigenvalue weighted by Gasteiger charge is -2.30. The fourth-order valence-electron chi connectivity index (χ4n) is 4.05. The van der Waals surface area contributed by atoms with Crippen LogP contribution < -0.4 is 5.32 Å². The second-order valence-corrected chi connectivity index (χ2v) is 7.39. The zero-order valence-corrected chi connectivity index (χ0v) is 14.7. The van der Waals surface area contributed by atoms with Gasteiger partial charge >= 0.3 is 0 Å². The van der Waals surface area contributed by atoms with Crippen LogP contribution in [-0.4, -0.2) is 41.7 Å². The van der Waals surface area contributed by atoms with Crippen molar-refractivity contribution in [1.29, 1.82) is 0 Å². The van der Waals surface area contributed by atoms with Gasteiger partial charge in [0, 0.05) is 24.7 Å². The number of hydrogen-bond acceptors (Lipinski definition) is 5. The van der Waals surface area contributed by atoms with Gasteiger partial charge in [0.1, 0.15) is 0 Å². The van der Waals surface area contributed by atoms with E-state index in [1.54, 1.807) is 0 Å². The number of aromatic nitrogens is 2. The molecule has 1 aromatic carbocycles. The molecule has 1 saturated heterocycles. The number of benzene rings is 1. The summed E-state index contributed by atoms with van der Waals surface area (Å²) in [5.41, 5.74) is 1.01. The van der Waals surface area contributed by atoms with Crippen LogP contribution in [0.3, 0.4) is 0 Å². The van der Waals surface area contributed by atoms with Crippen LogP contribution in [-0.2, 0) is 5.41 Å². The Morgan fingerprint density at radius 3 is 2.92 bits per heavy atom. The van der Waals surface area contributed by atoms with Crippen molar-refractivity contribution < 1.29 is 4.52 Å². The Bertz CT molecular complexity index is 711. The molecule has 6 heteroatoms. The molecule has 1 aliphatic carbocycles. The third kappa shape index (κ3) is 2.75. The fraction of sp³-hybridized carbons (Fsp3) is 0.556. The summed E-state index contributed by atoms with van der Waals surface area (Å²) in [5.74, 6) is 1.53. The summed E-state index contributed by atoms with van der Waals surface area (Å²) in [7, 11) is 2.11. The van der Waals surface area contributed by atoms with Gasteiger partial charge in [0.25, 0.3) is 0 Å². The van der Waals surface area contributed by atoms with Crippen LogP contribution in [0.15, 0.2) is 28.8 Å². The largest absolute Gasteiger partial charge is 0.338 e. The van der Waals surface area contributed by atoms with E-state index in [4.69, 9.17) is 21.1 Å². The molecule has 4 rings (SSSR count). The van der Waals surface area contributed by atoms with Gasteiger partial charge in [-0.25, -0.2) is 0 Å². The van der Waals surface area contributed by atoms with Gasteiger partial charge in [-0.1, -0.05) is 41.7 Å². The molecule has 1 unspecified atom stereocenters. The van der Waals surface area contributed by atoms with Crippen molar-refractivity contribution in [3.05, 3.63) is 46.6 Å². The Labute approximate surface area is 147 Å². The smallest absolute Gasteiger partial charge is 0.237 e. The SMILES string of the molecule is CN1CCNCC1c1noc(C2(c3cccc(Cl)c3)CCCC2)n1. The van der Waals surface area contributed by atoms with E-state index in [-0.39, 0.29) is 11.5 Å². The van der Waals surface area contributed by atoms with E-state index in [2.05, 4.69) is 28.5 Å². The van der Waals surface area contributed by atoms with Gasteiger partial charge in [0.15, 0.2) is 5.82 Å². The van der Waals surface area contributed by atoms with Crippen molar-refractivity contribution in [2.24, 2.45) is 0 Å². The molecular formula is C18H23ClN4O. The van der Waals surface area contributed by atoms with Crippen molar-refractivity contribution in [1.82, 2.24) is 20.4 Å². The van der Waals surface area contributed by atoms with Crippen LogP contribution in [0.5, 0.6) is 0 Å². The van der Waals surface area contributed by atoms with E-state index in [1.165, 1.54) is 18.4 Å². The highest BCUT2D eigenvalue weighted by Gasteiger charge is 2.43. The zero-order valence-electron chi connectivity index (χ0n) is 14.0. The molecule has 1 N–H and O–H groups in total. The minimum absolute atomic E-state index is 0.175. The molecule has 1 aliphatic heterocycles. The molecule has 2 aliphatic rings. The second-order valence-electron chi connectivity index (χ2n) is 6.96. The lowest BCUT2D eigenvalue weighted by Crippen LogP contribution is -2.44. The van der Waals surface area contributed by atoms with Crippen LogP contribution in [0.2, 0.25) is 5.02 Å². The first-order chi connectivity index (χ1) is 11.7. The third-order valence-electron chi connectivity index (χ3n) is 5.49. The van der Waals surface area contributed by atoms with E-state index in [9.17, 15) is 0 Å². The van der Waals surface area contributed by atoms with Crippen molar-refractivity contribution in [3.63, 3.8) is 0 Å². The Kier molecular flexibility index (Phi) is 4.33. The number of piperazine rings is 1. The van der Waals surface area contributed by atoms with E-state index in [0.717, 1.165) is 49.2 Å². The maximum absolute atomic E-state index is 6.24. The van der Waals surface area contributed by atoms with Crippen molar-refractivity contribution >= 4 is 11.6 Å². The quantitative estimate of drug-likeness (QED) is 0.925. The lowest BCUT2D eigenvalue weighted by atomic mass is 9.78. The zero-order chi connectivity index (χ0) is 16.6. The molecule has 0 radical (unpaired) electrons. The van der Waals surface area contributed by atoms with E-state index < -0.39 is 0 Å². The van der Waals surface area contributed by atoms with Gasteiger partial charge in [0.05, 0.1) is 11.5 Å². The van der Waals surface area contributed by atoms with E-state index in [0.29, 0.717) is 0 Å². The summed E-state index contributed by atoms with van der Waals surface area (Å²) >= 11 is 6.24. The number of nitrogens with one attached hydrogen (secondary N) is 1. The first-order valence-electron chi connectivity index (χ1n) is 8.70. The molecule has 2 heterocycles. The van der Waals surface area contributed by atoms with Crippen LogP contribution in [0.1, 0.15) is 49.0 Å². The standard InChI is InChI=1S/C18H23ClN4O/c1-23-10-9-20-12-15(23)16-21-17(24-22-16)18(7-2-3-8-18)13-5-4-6-14(19)11-13/h4-6,11,15,20H,2-3,7-10,12H2,1H3. The third-order valence-corrected chi connectivity index (χ3v) is 5.73. The summed E-state index contributed by atoms with van der Waals surface area (Å²) in [4.78, 5) is 7.13. The molecule has 2 aromatic rings. The van der Waals surface area contributed by atoms with Crippen molar-refractivity contribution in [2.75, 3.05) is 26.7 Å². The number of halogens is 1. The minimum atomic E-state index is -0.184. The normalized spacial score (nSPS) is 24.3. The van der Waals surface area contributed by atoms with Gasteiger partial charge in [-0.2, -0.15) is 4.98 Å². The maximum atomic E-state index is 6.24. The second kappa shape index (κ2) is 6.47. The first-order valence-corrected chi connectivity index (χ1v) is 9.08. The average molecular weight is 347 g/mol. The highest BCUT2D eigenvalue weighted by Crippen LogP contribution is 2.46. The Hall–Kier alpha value is -1.43. The van der Waals surface area contributed by atoms with E-state index in [1.807, 2.05) is 18.2 Å². The summed E-state index contributed by atoms with van der Waals surface area (Å²) < 4.78 is 5.79. The predicted octanol–water partition coefficient (Wildman–Crippen LogP) is 3.16. The minimum Gasteiger partial charge on any atom is -0.338 e. The number of rotatable bonds is 3. The number of likely N-dealkylation sites (N-methyl/N-ethyl adjacent to an activating group) is 1. The highest BCUT2D eigenvalue weighted by atomic mass is 35.5. The average Bonchev–Trinajstić information content (AvgIpc) is 3.25. The highest BCUT2D eigenvalue weighted by molar-refractivity contribution is 6.30. The van der Waals surface area contributed by atoms with Crippen LogP contribution >= 0.6 is 11.6 Å². The van der Waals surface area contributed by atoms with Gasteiger partial charge in [-0.3, -0.25) is 4.90 Å². The first kappa shape index (κ1) is 16.1. The molecule has 1 aromatic heterocycles. The van der Waals surface area contributed by atoms with Gasteiger partial charge in [0.2, 0.25) is 5.89 Å². The van der Waals surface area contributed by atoms with Crippen molar-refractivity contribution in [3.8, 4) is 0 Å². The maximum Gasteiger partial charge on any atom is 0.237 e. The topological polar surface area (TPSA) is 54.2 Å². The Balaban J connectivity index is 1.70. The number of hydrogen-bond donors (Lipinski definition) is 1. The lowest BCUT2D eigenvalue weighted by molar-refractivity contribution is 0.190. The molecule has 128 valence electrons. The molecule has 2 fully saturated rings. The molecule has 24 heavy (non-hydrogen) atoms. The molecule has 1 saturated carbocycles. The molecular weight excluding hydrogens is 324 g/mol. The van der Waals surface area contributed by atoms with Gasteiger partial charge in [-0.05, 0) is 37.6 Å². The van der Waals surface area contributed by atoms with E-state index >= 15 is 0 Å². The fourth-order valence-corrected chi connectivity index (χ4v) is 4.24. The summed E-state index contributed by atoms with van der Waals surface area (Å²) in [5, 5.41) is 8.50. The summed E-state index contributed by atoms with van der Waals surface area (Å²) in [6.07, 6.45) is 4.42. The Morgan fingerprint density at radius 2 is 2.17 bits per heavy atom. The van der Waals surface area contributed by atoms with Crippen LogP contribution in [0.25, 0.3) is 0 Å². The van der Waals surface area contributed by atoms with Crippen LogP contribution in [0, 0.1) is 0 Å². The van der Waals surface area contributed by atoms with Gasteiger partial charge in [-0.15, -0.1) is 0 Å². The summed E-state index contributed by atoms with van der Waals surface area (Å²) in [6, 6.07) is 8.28. The molecule has 0 spiro atoms. The molecule has 0 bridgehead atoms. The monoisotopic (exact) mass is 346 g/mol. The van der Waals surface area contributed by atoms with Crippen molar-refractivity contribution in [2.45, 2.75) is 37.1 Å². The predicted molar refractivity (Wildman–Crippen MR) is 93.2 cm³/mol. The summed E-state index contributed by atoms with van der Waals surface area (Å²) in [6.45, 7) is 2.86. The number of nitrogens with zero attached hydrogens (tertiary/aromatic N) is 3. The molecule has 1 atom stereocenters. The van der Waals surface area contributed by atoms with Gasteiger partial charge < -0.3 is 9.84 Å². The molecule has 0 amide bonds. The molecule has 5 nitrogen and oxygen atoms in total.